The fourth-order valence-corrected chi connectivity index (χ4v) is 3.38. The molecule has 0 radical (unpaired) electrons. The Morgan fingerprint density at radius 2 is 1.36 bits per heavy atom. The van der Waals surface area contributed by atoms with E-state index >= 15 is 0 Å². The Morgan fingerprint density at radius 1 is 0.821 bits per heavy atom. The smallest absolute Gasteiger partial charge is 0.234 e. The maximum atomic E-state index is 11.9. The van der Waals surface area contributed by atoms with E-state index in [-0.39, 0.29) is 5.91 Å². The van der Waals surface area contributed by atoms with Crippen molar-refractivity contribution in [2.24, 2.45) is 0 Å². The van der Waals surface area contributed by atoms with E-state index in [1.54, 1.807) is 0 Å². The predicted molar refractivity (Wildman–Crippen MR) is 106 cm³/mol. The number of carbonyl (C=O) groups is 1. The summed E-state index contributed by atoms with van der Waals surface area (Å²) in [4.78, 5) is 11.9. The number of aliphatic hydroxyl groups excluding tert-OH is 4. The average molecular weight is 405 g/mol. The third kappa shape index (κ3) is 9.62. The van der Waals surface area contributed by atoms with Crippen molar-refractivity contribution in [3.63, 3.8) is 0 Å². The molecule has 1 heterocycles. The highest BCUT2D eigenvalue weighted by molar-refractivity contribution is 5.75. The molecule has 1 aliphatic heterocycles. The summed E-state index contributed by atoms with van der Waals surface area (Å²) in [6.45, 7) is 1.72. The monoisotopic (exact) mass is 404 g/mol. The molecule has 28 heavy (non-hydrogen) atoms. The molecule has 166 valence electrons. The van der Waals surface area contributed by atoms with Crippen LogP contribution in [0.25, 0.3) is 0 Å². The van der Waals surface area contributed by atoms with Crippen LogP contribution < -0.4 is 10.9 Å². The van der Waals surface area contributed by atoms with E-state index in [4.69, 9.17) is 9.84 Å². The molecule has 0 aromatic rings. The number of carbonyl (C=O) groups excluding carboxylic acids is 1. The number of unbranched alkanes of at least 4 members (excludes halogenated alkanes) is 10. The minimum absolute atomic E-state index is 0.229. The van der Waals surface area contributed by atoms with Crippen LogP contribution in [0.3, 0.4) is 0 Å². The summed E-state index contributed by atoms with van der Waals surface area (Å²) in [6.07, 6.45) is 7.30. The summed E-state index contributed by atoms with van der Waals surface area (Å²) in [5.41, 5.74) is 4.97. The van der Waals surface area contributed by atoms with Crippen molar-refractivity contribution in [1.82, 2.24) is 10.9 Å². The van der Waals surface area contributed by atoms with Crippen LogP contribution in [0.2, 0.25) is 0 Å². The first kappa shape index (κ1) is 25.3. The molecule has 1 fully saturated rings. The molecule has 1 rings (SSSR count). The molecule has 1 saturated heterocycles. The zero-order chi connectivity index (χ0) is 20.8. The third-order valence-corrected chi connectivity index (χ3v) is 5.25. The van der Waals surface area contributed by atoms with Crippen molar-refractivity contribution >= 4 is 5.91 Å². The van der Waals surface area contributed by atoms with Gasteiger partial charge in [0.15, 0.2) is 6.23 Å². The van der Waals surface area contributed by atoms with Gasteiger partial charge in [0.1, 0.15) is 24.4 Å². The quantitative estimate of drug-likeness (QED) is 0.178. The molecule has 0 saturated carbocycles. The predicted octanol–water partition coefficient (Wildman–Crippen LogP) is 1.11. The molecule has 0 aliphatic carbocycles. The van der Waals surface area contributed by atoms with Gasteiger partial charge in [-0.15, -0.1) is 0 Å². The molecule has 8 nitrogen and oxygen atoms in total. The molecule has 0 unspecified atom stereocenters. The number of hydrazine groups is 1. The van der Waals surface area contributed by atoms with Gasteiger partial charge in [0.05, 0.1) is 6.61 Å². The Morgan fingerprint density at radius 3 is 1.89 bits per heavy atom. The molecule has 1 amide bonds. The van der Waals surface area contributed by atoms with Crippen LogP contribution in [-0.2, 0) is 9.53 Å². The summed E-state index contributed by atoms with van der Waals surface area (Å²) in [6, 6.07) is 0. The highest BCUT2D eigenvalue weighted by Gasteiger charge is 2.43. The number of hydrogen-bond donors (Lipinski definition) is 6. The standard InChI is InChI=1S/C20H40N2O6/c1-2-3-4-5-6-7-8-9-10-11-12-13-16(24)21-22-20-19(27)18(26)17(25)15(14-23)28-20/h15,17-20,22-23,25-27H,2-14H2,1H3,(H,21,24)/t15-,17-,18+,19-,20-/m1/s1. The minimum Gasteiger partial charge on any atom is -0.394 e. The zero-order valence-corrected chi connectivity index (χ0v) is 17.2. The first-order valence-electron chi connectivity index (χ1n) is 10.9. The van der Waals surface area contributed by atoms with Crippen molar-refractivity contribution in [2.75, 3.05) is 6.61 Å². The second-order valence-corrected chi connectivity index (χ2v) is 7.73. The van der Waals surface area contributed by atoms with Gasteiger partial charge in [-0.25, -0.2) is 5.43 Å². The fourth-order valence-electron chi connectivity index (χ4n) is 3.38. The van der Waals surface area contributed by atoms with Crippen LogP contribution in [0.5, 0.6) is 0 Å². The summed E-state index contributed by atoms with van der Waals surface area (Å²) in [5, 5.41) is 38.4. The van der Waals surface area contributed by atoms with E-state index in [1.165, 1.54) is 51.4 Å². The van der Waals surface area contributed by atoms with Gasteiger partial charge in [-0.05, 0) is 6.42 Å². The van der Waals surface area contributed by atoms with Gasteiger partial charge in [-0.3, -0.25) is 10.2 Å². The summed E-state index contributed by atoms with van der Waals surface area (Å²) < 4.78 is 5.26. The average Bonchev–Trinajstić information content (AvgIpc) is 2.69. The van der Waals surface area contributed by atoms with Crippen LogP contribution in [0.1, 0.15) is 84.0 Å². The molecule has 8 heteroatoms. The van der Waals surface area contributed by atoms with Gasteiger partial charge in [-0.1, -0.05) is 71.1 Å². The Hall–Kier alpha value is -0.770. The number of amides is 1. The lowest BCUT2D eigenvalue weighted by molar-refractivity contribution is -0.238. The zero-order valence-electron chi connectivity index (χ0n) is 17.2. The van der Waals surface area contributed by atoms with Crippen molar-refractivity contribution in [2.45, 2.75) is 115 Å². The minimum atomic E-state index is -1.47. The van der Waals surface area contributed by atoms with Gasteiger partial charge in [0.25, 0.3) is 0 Å². The number of hydrogen-bond acceptors (Lipinski definition) is 7. The second kappa shape index (κ2) is 15.1. The first-order chi connectivity index (χ1) is 13.5. The van der Waals surface area contributed by atoms with Crippen LogP contribution in [0.4, 0.5) is 0 Å². The lowest BCUT2D eigenvalue weighted by Gasteiger charge is -2.40. The van der Waals surface area contributed by atoms with E-state index in [9.17, 15) is 20.1 Å². The Kier molecular flexibility index (Phi) is 13.6. The summed E-state index contributed by atoms with van der Waals surface area (Å²) >= 11 is 0. The van der Waals surface area contributed by atoms with E-state index in [0.29, 0.717) is 6.42 Å². The van der Waals surface area contributed by atoms with Gasteiger partial charge < -0.3 is 25.2 Å². The maximum absolute atomic E-state index is 11.9. The molecular formula is C20H40N2O6. The maximum Gasteiger partial charge on any atom is 0.234 e. The van der Waals surface area contributed by atoms with E-state index in [1.807, 2.05) is 0 Å². The molecule has 0 aromatic heterocycles. The normalized spacial score (nSPS) is 27.7. The van der Waals surface area contributed by atoms with Crippen LogP contribution in [0, 0.1) is 0 Å². The van der Waals surface area contributed by atoms with Crippen LogP contribution in [-0.4, -0.2) is 63.6 Å². The summed E-state index contributed by atoms with van der Waals surface area (Å²) in [7, 11) is 0. The Balaban J connectivity index is 2.03. The largest absolute Gasteiger partial charge is 0.394 e. The SMILES string of the molecule is CCCCCCCCCCCCCC(=O)NN[C@@H]1O[C@H](CO)[C@@H](O)[C@H](O)[C@H]1O. The summed E-state index contributed by atoms with van der Waals surface area (Å²) in [5.74, 6) is -0.229. The second-order valence-electron chi connectivity index (χ2n) is 7.73. The van der Waals surface area contributed by atoms with Crippen molar-refractivity contribution in [1.29, 1.82) is 0 Å². The van der Waals surface area contributed by atoms with Crippen molar-refractivity contribution in [3.05, 3.63) is 0 Å². The van der Waals surface area contributed by atoms with E-state index in [2.05, 4.69) is 17.8 Å². The molecule has 5 atom stereocenters. The molecule has 0 bridgehead atoms. The van der Waals surface area contributed by atoms with Gasteiger partial charge in [0.2, 0.25) is 5.91 Å². The van der Waals surface area contributed by atoms with Gasteiger partial charge >= 0.3 is 0 Å². The number of aliphatic hydroxyl groups is 4. The topological polar surface area (TPSA) is 131 Å². The molecule has 0 spiro atoms. The molecular weight excluding hydrogens is 364 g/mol. The Labute approximate surface area is 168 Å². The third-order valence-electron chi connectivity index (χ3n) is 5.25. The van der Waals surface area contributed by atoms with E-state index < -0.39 is 37.3 Å². The number of ether oxygens (including phenoxy) is 1. The lowest BCUT2D eigenvalue weighted by Crippen LogP contribution is -2.64. The molecule has 0 aromatic carbocycles. The van der Waals surface area contributed by atoms with E-state index in [0.717, 1.165) is 19.3 Å². The first-order valence-corrected chi connectivity index (χ1v) is 10.9. The lowest BCUT2D eigenvalue weighted by atomic mass is 9.99. The fraction of sp³-hybridized carbons (Fsp3) is 0.950. The van der Waals surface area contributed by atoms with Crippen molar-refractivity contribution < 1.29 is 30.0 Å². The number of nitrogens with one attached hydrogen (secondary N) is 2. The van der Waals surface area contributed by atoms with Crippen molar-refractivity contribution in [3.8, 4) is 0 Å². The molecule has 6 N–H and O–H groups in total. The van der Waals surface area contributed by atoms with Gasteiger partial charge in [-0.2, -0.15) is 0 Å². The molecule has 1 aliphatic rings. The Bertz CT molecular complexity index is 410. The number of rotatable bonds is 15. The van der Waals surface area contributed by atoms with Crippen LogP contribution >= 0.6 is 0 Å². The highest BCUT2D eigenvalue weighted by Crippen LogP contribution is 2.19. The highest BCUT2D eigenvalue weighted by atomic mass is 16.6. The van der Waals surface area contributed by atoms with Crippen LogP contribution in [0.15, 0.2) is 0 Å². The van der Waals surface area contributed by atoms with Gasteiger partial charge in [0, 0.05) is 6.42 Å².